The number of halogens is 1. The van der Waals surface area contributed by atoms with Gasteiger partial charge >= 0.3 is 0 Å². The van der Waals surface area contributed by atoms with E-state index in [4.69, 9.17) is 4.98 Å². The molecule has 0 bridgehead atoms. The predicted octanol–water partition coefficient (Wildman–Crippen LogP) is 6.16. The zero-order valence-corrected chi connectivity index (χ0v) is 15.5. The van der Waals surface area contributed by atoms with Crippen LogP contribution in [0, 0.1) is 5.82 Å². The lowest BCUT2D eigenvalue weighted by Crippen LogP contribution is -1.95. The van der Waals surface area contributed by atoms with Gasteiger partial charge in [0.25, 0.3) is 0 Å². The topological polar surface area (TPSA) is 38.7 Å². The van der Waals surface area contributed by atoms with Gasteiger partial charge in [0.1, 0.15) is 23.4 Å². The molecule has 0 amide bonds. The first-order chi connectivity index (χ1) is 14.3. The van der Waals surface area contributed by atoms with Crippen molar-refractivity contribution >= 4 is 11.0 Å². The van der Waals surface area contributed by atoms with Crippen molar-refractivity contribution in [3.05, 3.63) is 103 Å². The highest BCUT2D eigenvalue weighted by molar-refractivity contribution is 5.95. The molecule has 0 N–H and O–H groups in total. The second-order valence-corrected chi connectivity index (χ2v) is 6.71. The molecule has 0 radical (unpaired) electrons. The maximum absolute atomic E-state index is 13.3. The molecule has 0 aliphatic rings. The minimum atomic E-state index is -0.268. The van der Waals surface area contributed by atoms with E-state index in [1.165, 1.54) is 12.1 Å². The van der Waals surface area contributed by atoms with Gasteiger partial charge in [-0.1, -0.05) is 54.6 Å². The van der Waals surface area contributed by atoms with Gasteiger partial charge in [0.05, 0.1) is 11.2 Å². The van der Waals surface area contributed by atoms with E-state index in [-0.39, 0.29) is 5.82 Å². The van der Waals surface area contributed by atoms with Gasteiger partial charge in [-0.05, 0) is 47.5 Å². The van der Waals surface area contributed by atoms with Crippen LogP contribution in [0.1, 0.15) is 0 Å². The molecule has 0 spiro atoms. The Kier molecular flexibility index (Phi) is 4.30. The molecule has 5 rings (SSSR count). The van der Waals surface area contributed by atoms with Crippen LogP contribution in [-0.2, 0) is 0 Å². The standard InChI is InChI=1S/C25H16FN3/c26-19-12-10-18(11-13-19)22-14-15-23-25(29-22)24(28-16-27-23)21-9-5-4-8-20(21)17-6-2-1-3-7-17/h1-16H. The Bertz CT molecular complexity index is 1300. The van der Waals surface area contributed by atoms with Crippen LogP contribution in [0.25, 0.3) is 44.7 Å². The molecule has 0 saturated carbocycles. The average Bonchev–Trinajstić information content (AvgIpc) is 2.79. The lowest BCUT2D eigenvalue weighted by molar-refractivity contribution is 0.628. The molecule has 3 nitrogen and oxygen atoms in total. The van der Waals surface area contributed by atoms with Crippen LogP contribution in [0.15, 0.2) is 97.3 Å². The fraction of sp³-hybridized carbons (Fsp3) is 0. The Balaban J connectivity index is 1.72. The molecule has 0 atom stereocenters. The molecule has 5 aromatic rings. The van der Waals surface area contributed by atoms with Crippen LogP contribution >= 0.6 is 0 Å². The third-order valence-corrected chi connectivity index (χ3v) is 4.89. The second-order valence-electron chi connectivity index (χ2n) is 6.71. The molecule has 0 aliphatic heterocycles. The molecule has 138 valence electrons. The summed E-state index contributed by atoms with van der Waals surface area (Å²) in [4.78, 5) is 13.8. The van der Waals surface area contributed by atoms with Gasteiger partial charge in [0.15, 0.2) is 0 Å². The minimum absolute atomic E-state index is 0.268. The van der Waals surface area contributed by atoms with Crippen molar-refractivity contribution in [1.29, 1.82) is 0 Å². The number of pyridine rings is 1. The van der Waals surface area contributed by atoms with E-state index in [1.807, 2.05) is 42.5 Å². The van der Waals surface area contributed by atoms with E-state index in [2.05, 4.69) is 34.2 Å². The monoisotopic (exact) mass is 377 g/mol. The van der Waals surface area contributed by atoms with Gasteiger partial charge in [-0.25, -0.2) is 19.3 Å². The normalized spacial score (nSPS) is 10.9. The quantitative estimate of drug-likeness (QED) is 0.378. The van der Waals surface area contributed by atoms with Crippen molar-refractivity contribution in [2.24, 2.45) is 0 Å². The molecule has 3 aromatic carbocycles. The molecule has 2 heterocycles. The fourth-order valence-corrected chi connectivity index (χ4v) is 3.48. The molecule has 0 unspecified atom stereocenters. The molecule has 4 heteroatoms. The van der Waals surface area contributed by atoms with Crippen molar-refractivity contribution in [3.8, 4) is 33.6 Å². The SMILES string of the molecule is Fc1ccc(-c2ccc3ncnc(-c4ccccc4-c4ccccc4)c3n2)cc1. The van der Waals surface area contributed by atoms with Crippen molar-refractivity contribution in [2.45, 2.75) is 0 Å². The summed E-state index contributed by atoms with van der Waals surface area (Å²) in [7, 11) is 0. The Morgan fingerprint density at radius 2 is 1.31 bits per heavy atom. The Hall–Kier alpha value is -3.92. The lowest BCUT2D eigenvalue weighted by Gasteiger charge is -2.11. The van der Waals surface area contributed by atoms with Gasteiger partial charge in [-0.2, -0.15) is 0 Å². The van der Waals surface area contributed by atoms with Crippen molar-refractivity contribution in [3.63, 3.8) is 0 Å². The largest absolute Gasteiger partial charge is 0.244 e. The third-order valence-electron chi connectivity index (χ3n) is 4.89. The number of benzene rings is 3. The smallest absolute Gasteiger partial charge is 0.123 e. The van der Waals surface area contributed by atoms with Crippen LogP contribution in [0.4, 0.5) is 4.39 Å². The summed E-state index contributed by atoms with van der Waals surface area (Å²) < 4.78 is 13.3. The van der Waals surface area contributed by atoms with Crippen LogP contribution in [0.3, 0.4) is 0 Å². The van der Waals surface area contributed by atoms with Crippen molar-refractivity contribution in [2.75, 3.05) is 0 Å². The highest BCUT2D eigenvalue weighted by Crippen LogP contribution is 2.34. The van der Waals surface area contributed by atoms with Gasteiger partial charge in [0, 0.05) is 11.1 Å². The first-order valence-corrected chi connectivity index (χ1v) is 9.32. The zero-order valence-electron chi connectivity index (χ0n) is 15.5. The molecule has 0 saturated heterocycles. The fourth-order valence-electron chi connectivity index (χ4n) is 3.48. The lowest BCUT2D eigenvalue weighted by atomic mass is 9.97. The van der Waals surface area contributed by atoms with E-state index < -0.39 is 0 Å². The summed E-state index contributed by atoms with van der Waals surface area (Å²) in [6, 6.07) is 28.5. The summed E-state index contributed by atoms with van der Waals surface area (Å²) in [5, 5.41) is 0. The molecule has 0 fully saturated rings. The van der Waals surface area contributed by atoms with Crippen molar-refractivity contribution in [1.82, 2.24) is 15.0 Å². The summed E-state index contributed by atoms with van der Waals surface area (Å²) in [6.07, 6.45) is 1.57. The third kappa shape index (κ3) is 3.25. The van der Waals surface area contributed by atoms with E-state index in [1.54, 1.807) is 18.5 Å². The van der Waals surface area contributed by atoms with Crippen LogP contribution in [0.2, 0.25) is 0 Å². The van der Waals surface area contributed by atoms with Crippen molar-refractivity contribution < 1.29 is 4.39 Å². The van der Waals surface area contributed by atoms with Crippen LogP contribution in [-0.4, -0.2) is 15.0 Å². The highest BCUT2D eigenvalue weighted by Gasteiger charge is 2.14. The number of hydrogen-bond donors (Lipinski definition) is 0. The number of nitrogens with zero attached hydrogens (tertiary/aromatic N) is 3. The van der Waals surface area contributed by atoms with Gasteiger partial charge < -0.3 is 0 Å². The van der Waals surface area contributed by atoms with E-state index >= 15 is 0 Å². The number of aromatic nitrogens is 3. The second kappa shape index (κ2) is 7.24. The van der Waals surface area contributed by atoms with Gasteiger partial charge in [-0.15, -0.1) is 0 Å². The first-order valence-electron chi connectivity index (χ1n) is 9.32. The maximum atomic E-state index is 13.3. The van der Waals surface area contributed by atoms with Gasteiger partial charge in [0.2, 0.25) is 0 Å². The van der Waals surface area contributed by atoms with Gasteiger partial charge in [-0.3, -0.25) is 0 Å². The Morgan fingerprint density at radius 3 is 2.10 bits per heavy atom. The van der Waals surface area contributed by atoms with E-state index in [0.29, 0.717) is 0 Å². The predicted molar refractivity (Wildman–Crippen MR) is 114 cm³/mol. The van der Waals surface area contributed by atoms with E-state index in [0.717, 1.165) is 44.7 Å². The summed E-state index contributed by atoms with van der Waals surface area (Å²) in [5.74, 6) is -0.268. The first kappa shape index (κ1) is 17.2. The Labute approximate surface area is 167 Å². The summed E-state index contributed by atoms with van der Waals surface area (Å²) in [5.41, 5.74) is 7.06. The number of hydrogen-bond acceptors (Lipinski definition) is 3. The number of rotatable bonds is 3. The average molecular weight is 377 g/mol. The highest BCUT2D eigenvalue weighted by atomic mass is 19.1. The number of fused-ring (bicyclic) bond motifs is 1. The van der Waals surface area contributed by atoms with E-state index in [9.17, 15) is 4.39 Å². The molecule has 29 heavy (non-hydrogen) atoms. The molecular formula is C25H16FN3. The molecular weight excluding hydrogens is 361 g/mol. The molecule has 0 aliphatic carbocycles. The van der Waals surface area contributed by atoms with Crippen LogP contribution < -0.4 is 0 Å². The zero-order chi connectivity index (χ0) is 19.6. The molecule has 2 aromatic heterocycles. The maximum Gasteiger partial charge on any atom is 0.123 e. The van der Waals surface area contributed by atoms with Crippen LogP contribution in [0.5, 0.6) is 0 Å². The minimum Gasteiger partial charge on any atom is -0.244 e. The summed E-state index contributed by atoms with van der Waals surface area (Å²) >= 11 is 0. The Morgan fingerprint density at radius 1 is 0.586 bits per heavy atom. The summed E-state index contributed by atoms with van der Waals surface area (Å²) in [6.45, 7) is 0.